The summed E-state index contributed by atoms with van der Waals surface area (Å²) in [6.45, 7) is 10.7. The third-order valence-corrected chi connectivity index (χ3v) is 4.95. The highest BCUT2D eigenvalue weighted by molar-refractivity contribution is 6.65. The Morgan fingerprint density at radius 2 is 1.96 bits per heavy atom. The lowest BCUT2D eigenvalue weighted by atomic mass is 9.78. The molecule has 0 radical (unpaired) electrons. The fourth-order valence-corrected chi connectivity index (χ4v) is 2.97. The summed E-state index contributed by atoms with van der Waals surface area (Å²) in [5.74, 6) is 0.729. The summed E-state index contributed by atoms with van der Waals surface area (Å²) in [6.07, 6.45) is 3.63. The van der Waals surface area contributed by atoms with Crippen LogP contribution < -0.4 is 10.2 Å². The van der Waals surface area contributed by atoms with Crippen molar-refractivity contribution in [3.63, 3.8) is 0 Å². The molecule has 0 atom stereocenters. The number of pyridine rings is 1. The van der Waals surface area contributed by atoms with E-state index in [4.69, 9.17) is 14.0 Å². The van der Waals surface area contributed by atoms with Crippen LogP contribution >= 0.6 is 0 Å². The van der Waals surface area contributed by atoms with E-state index in [1.54, 1.807) is 10.7 Å². The van der Waals surface area contributed by atoms with Crippen LogP contribution in [0.1, 0.15) is 34.6 Å². The quantitative estimate of drug-likeness (QED) is 0.744. The lowest BCUT2D eigenvalue weighted by Gasteiger charge is -2.32. The molecule has 0 aromatic carbocycles. The average Bonchev–Trinajstić information content (AvgIpc) is 3.10. The Labute approximate surface area is 140 Å². The molecule has 0 spiro atoms. The molecule has 4 rings (SSSR count). The molecular formula is C16H21BN4O3. The first-order chi connectivity index (χ1) is 11.3. The molecule has 1 aliphatic heterocycles. The molecule has 3 aromatic heterocycles. The highest BCUT2D eigenvalue weighted by atomic mass is 16.7. The van der Waals surface area contributed by atoms with E-state index in [1.165, 1.54) is 0 Å². The predicted molar refractivity (Wildman–Crippen MR) is 91.7 cm³/mol. The van der Waals surface area contributed by atoms with Gasteiger partial charge in [-0.1, -0.05) is 0 Å². The molecule has 0 aliphatic carbocycles. The van der Waals surface area contributed by atoms with Crippen LogP contribution in [-0.2, 0) is 9.31 Å². The van der Waals surface area contributed by atoms with Crippen LogP contribution in [0.3, 0.4) is 0 Å². The number of hydrogen-bond acceptors (Lipinski definition) is 5. The Hall–Kier alpha value is -2.06. The third kappa shape index (κ3) is 2.13. The monoisotopic (exact) mass is 328 g/mol. The van der Waals surface area contributed by atoms with Gasteiger partial charge in [0, 0.05) is 5.46 Å². The van der Waals surface area contributed by atoms with Gasteiger partial charge in [-0.15, -0.1) is 5.10 Å². The van der Waals surface area contributed by atoms with Gasteiger partial charge < -0.3 is 14.0 Å². The average molecular weight is 328 g/mol. The Morgan fingerprint density at radius 1 is 1.25 bits per heavy atom. The van der Waals surface area contributed by atoms with Crippen molar-refractivity contribution in [1.82, 2.24) is 19.8 Å². The molecule has 0 amide bonds. The summed E-state index contributed by atoms with van der Waals surface area (Å²) in [5.41, 5.74) is 1.71. The maximum absolute atomic E-state index is 6.24. The molecular weight excluding hydrogens is 307 g/mol. The van der Waals surface area contributed by atoms with Gasteiger partial charge in [0.1, 0.15) is 5.75 Å². The molecule has 1 saturated heterocycles. The standard InChI is InChI=1S/C16H21BN4O3/c1-6-22-10-7-12(17-23-15(2,3)16(4,5)24-17)13-11-8-18-19-14(11)20-21(13)9-10/h7-9H,6H2,1-5H3,(H,19,20). The lowest BCUT2D eigenvalue weighted by Crippen LogP contribution is -2.41. The molecule has 8 heteroatoms. The van der Waals surface area contributed by atoms with Gasteiger partial charge in [-0.05, 0) is 40.7 Å². The number of H-pyrrole nitrogens is 1. The molecule has 0 saturated carbocycles. The van der Waals surface area contributed by atoms with Crippen molar-refractivity contribution in [2.24, 2.45) is 0 Å². The molecule has 1 aliphatic rings. The van der Waals surface area contributed by atoms with Gasteiger partial charge in [0.15, 0.2) is 5.65 Å². The second-order valence-electron chi connectivity index (χ2n) is 7.08. The largest absolute Gasteiger partial charge is 0.497 e. The number of nitrogens with one attached hydrogen (secondary N) is 1. The second kappa shape index (κ2) is 4.97. The summed E-state index contributed by atoms with van der Waals surface area (Å²) in [6, 6.07) is 1.97. The first-order valence-corrected chi connectivity index (χ1v) is 8.16. The third-order valence-electron chi connectivity index (χ3n) is 4.95. The summed E-state index contributed by atoms with van der Waals surface area (Å²) in [7, 11) is -0.493. The number of rotatable bonds is 3. The topological polar surface area (TPSA) is 73.7 Å². The molecule has 24 heavy (non-hydrogen) atoms. The van der Waals surface area contributed by atoms with E-state index in [-0.39, 0.29) is 0 Å². The van der Waals surface area contributed by atoms with Crippen molar-refractivity contribution < 1.29 is 14.0 Å². The predicted octanol–water partition coefficient (Wildman–Crippen LogP) is 1.91. The minimum absolute atomic E-state index is 0.411. The minimum atomic E-state index is -0.493. The first-order valence-electron chi connectivity index (χ1n) is 8.16. The molecule has 1 fully saturated rings. The van der Waals surface area contributed by atoms with Gasteiger partial charge in [-0.2, -0.15) is 5.10 Å². The van der Waals surface area contributed by atoms with Crippen molar-refractivity contribution in [2.45, 2.75) is 45.8 Å². The Kier molecular flexibility index (Phi) is 3.20. The van der Waals surface area contributed by atoms with Crippen LogP contribution in [0.4, 0.5) is 0 Å². The molecule has 1 N–H and O–H groups in total. The van der Waals surface area contributed by atoms with Gasteiger partial charge in [0.2, 0.25) is 0 Å². The van der Waals surface area contributed by atoms with E-state index in [0.717, 1.165) is 27.8 Å². The molecule has 0 bridgehead atoms. The molecule has 0 unspecified atom stereocenters. The SMILES string of the molecule is CCOc1cc(B2OC(C)(C)C(C)(C)O2)c2c3cn[nH]c3nn2c1. The number of nitrogens with zero attached hydrogens (tertiary/aromatic N) is 3. The Bertz CT molecular complexity index is 899. The Morgan fingerprint density at radius 3 is 2.62 bits per heavy atom. The minimum Gasteiger partial charge on any atom is -0.492 e. The van der Waals surface area contributed by atoms with Crippen LogP contribution in [0, 0.1) is 0 Å². The Balaban J connectivity index is 1.92. The van der Waals surface area contributed by atoms with Crippen molar-refractivity contribution in [1.29, 1.82) is 0 Å². The van der Waals surface area contributed by atoms with E-state index in [2.05, 4.69) is 15.3 Å². The van der Waals surface area contributed by atoms with E-state index in [1.807, 2.05) is 46.9 Å². The normalized spacial score (nSPS) is 19.5. The van der Waals surface area contributed by atoms with Gasteiger partial charge in [-0.3, -0.25) is 5.10 Å². The maximum Gasteiger partial charge on any atom is 0.497 e. The van der Waals surface area contributed by atoms with Crippen LogP contribution in [-0.4, -0.2) is 44.7 Å². The molecule has 3 aromatic rings. The van der Waals surface area contributed by atoms with Crippen LogP contribution in [0.25, 0.3) is 16.6 Å². The van der Waals surface area contributed by atoms with Crippen molar-refractivity contribution in [2.75, 3.05) is 6.61 Å². The number of aromatic amines is 1. The zero-order valence-corrected chi connectivity index (χ0v) is 14.6. The molecule has 4 heterocycles. The van der Waals surface area contributed by atoms with Gasteiger partial charge in [-0.25, -0.2) is 4.52 Å². The summed E-state index contributed by atoms with van der Waals surface area (Å²) in [5, 5.41) is 12.5. The lowest BCUT2D eigenvalue weighted by molar-refractivity contribution is 0.00578. The summed E-state index contributed by atoms with van der Waals surface area (Å²) in [4.78, 5) is 0. The maximum atomic E-state index is 6.24. The van der Waals surface area contributed by atoms with Crippen LogP contribution in [0.5, 0.6) is 5.75 Å². The fraction of sp³-hybridized carbons (Fsp3) is 0.500. The number of fused-ring (bicyclic) bond motifs is 3. The van der Waals surface area contributed by atoms with Crippen molar-refractivity contribution >= 4 is 29.1 Å². The van der Waals surface area contributed by atoms with Crippen LogP contribution in [0.15, 0.2) is 18.5 Å². The van der Waals surface area contributed by atoms with Crippen molar-refractivity contribution in [3.05, 3.63) is 18.5 Å². The fourth-order valence-electron chi connectivity index (χ4n) is 2.97. The zero-order chi connectivity index (χ0) is 17.1. The zero-order valence-electron chi connectivity index (χ0n) is 14.6. The summed E-state index contributed by atoms with van der Waals surface area (Å²) < 4.78 is 20.0. The van der Waals surface area contributed by atoms with Gasteiger partial charge >= 0.3 is 7.12 Å². The smallest absolute Gasteiger partial charge is 0.492 e. The summed E-state index contributed by atoms with van der Waals surface area (Å²) >= 11 is 0. The van der Waals surface area contributed by atoms with E-state index >= 15 is 0 Å². The number of hydrogen-bond donors (Lipinski definition) is 1. The van der Waals surface area contributed by atoms with Crippen LogP contribution in [0.2, 0.25) is 0 Å². The van der Waals surface area contributed by atoms with E-state index in [0.29, 0.717) is 6.61 Å². The van der Waals surface area contributed by atoms with E-state index < -0.39 is 18.3 Å². The number of ether oxygens (including phenoxy) is 1. The molecule has 7 nitrogen and oxygen atoms in total. The van der Waals surface area contributed by atoms with Crippen molar-refractivity contribution in [3.8, 4) is 5.75 Å². The highest BCUT2D eigenvalue weighted by Crippen LogP contribution is 2.37. The second-order valence-corrected chi connectivity index (χ2v) is 7.08. The van der Waals surface area contributed by atoms with Gasteiger partial charge in [0.05, 0.1) is 41.1 Å². The first kappa shape index (κ1) is 15.5. The van der Waals surface area contributed by atoms with E-state index in [9.17, 15) is 0 Å². The van der Waals surface area contributed by atoms with Gasteiger partial charge in [0.25, 0.3) is 0 Å². The highest BCUT2D eigenvalue weighted by Gasteiger charge is 2.52. The number of aromatic nitrogens is 4. The molecule has 126 valence electrons.